The fourth-order valence-corrected chi connectivity index (χ4v) is 3.25. The first-order valence-electron chi connectivity index (χ1n) is 9.48. The number of para-hydroxylation sites is 1. The maximum Gasteiger partial charge on any atom is 0.229 e. The summed E-state index contributed by atoms with van der Waals surface area (Å²) in [5, 5.41) is 17.5. The molecule has 0 atom stereocenters. The summed E-state index contributed by atoms with van der Waals surface area (Å²) in [5.41, 5.74) is 1.77. The van der Waals surface area contributed by atoms with E-state index < -0.39 is 0 Å². The van der Waals surface area contributed by atoms with Crippen molar-refractivity contribution < 1.29 is 14.3 Å². The molecule has 0 radical (unpaired) electrons. The molecule has 0 spiro atoms. The Kier molecular flexibility index (Phi) is 5.49. The highest BCUT2D eigenvalue weighted by Crippen LogP contribution is 2.28. The molecule has 0 bridgehead atoms. The predicted molar refractivity (Wildman–Crippen MR) is 115 cm³/mol. The van der Waals surface area contributed by atoms with Gasteiger partial charge in [-0.2, -0.15) is 15.0 Å². The van der Waals surface area contributed by atoms with E-state index in [-0.39, 0.29) is 23.7 Å². The minimum atomic E-state index is -0.300. The summed E-state index contributed by atoms with van der Waals surface area (Å²) in [6.45, 7) is 0. The number of benzene rings is 2. The Morgan fingerprint density at radius 2 is 1.90 bits per heavy atom. The molecule has 154 valence electrons. The molecule has 0 aliphatic heterocycles. The number of carbonyl (C=O) groups excluding carboxylic acids is 1. The van der Waals surface area contributed by atoms with Crippen LogP contribution in [-0.2, 0) is 11.2 Å². The SMILES string of the molecule is COc1ccc(CC(=O)Nc2c(C#N)cnn2-c2ccc3ccccc3n2)cc1OC. The third-order valence-electron chi connectivity index (χ3n) is 4.76. The standard InChI is InChI=1S/C23H19N5O3/c1-30-19-9-7-15(11-20(19)31-2)12-22(29)27-23-17(13-24)14-25-28(23)21-10-8-16-5-3-4-6-18(16)26-21/h3-11,14H,12H2,1-2H3,(H,27,29). The normalized spacial score (nSPS) is 10.5. The third kappa shape index (κ3) is 4.02. The zero-order valence-corrected chi connectivity index (χ0v) is 17.0. The number of fused-ring (bicyclic) bond motifs is 1. The van der Waals surface area contributed by atoms with Gasteiger partial charge in [0.1, 0.15) is 11.6 Å². The van der Waals surface area contributed by atoms with Gasteiger partial charge < -0.3 is 14.8 Å². The van der Waals surface area contributed by atoms with Gasteiger partial charge in [-0.25, -0.2) is 4.98 Å². The number of amides is 1. The molecule has 0 aliphatic carbocycles. The average molecular weight is 413 g/mol. The van der Waals surface area contributed by atoms with E-state index >= 15 is 0 Å². The average Bonchev–Trinajstić information content (AvgIpc) is 3.20. The number of aromatic nitrogens is 3. The molecule has 8 heteroatoms. The van der Waals surface area contributed by atoms with Crippen molar-refractivity contribution in [3.8, 4) is 23.4 Å². The van der Waals surface area contributed by atoms with Crippen LogP contribution < -0.4 is 14.8 Å². The molecule has 1 N–H and O–H groups in total. The van der Waals surface area contributed by atoms with Gasteiger partial charge in [0.15, 0.2) is 23.1 Å². The van der Waals surface area contributed by atoms with Crippen molar-refractivity contribution in [2.75, 3.05) is 19.5 Å². The second-order valence-corrected chi connectivity index (χ2v) is 6.71. The van der Waals surface area contributed by atoms with Gasteiger partial charge in [-0.1, -0.05) is 24.3 Å². The summed E-state index contributed by atoms with van der Waals surface area (Å²) >= 11 is 0. The van der Waals surface area contributed by atoms with E-state index in [1.54, 1.807) is 31.4 Å². The first-order valence-corrected chi connectivity index (χ1v) is 9.48. The van der Waals surface area contributed by atoms with Crippen LogP contribution in [0.5, 0.6) is 11.5 Å². The number of methoxy groups -OCH3 is 2. The van der Waals surface area contributed by atoms with Crippen LogP contribution in [-0.4, -0.2) is 34.9 Å². The molecular formula is C23H19N5O3. The van der Waals surface area contributed by atoms with Gasteiger partial charge in [0.2, 0.25) is 5.91 Å². The van der Waals surface area contributed by atoms with Crippen LogP contribution in [0, 0.1) is 11.3 Å². The molecular weight excluding hydrogens is 394 g/mol. The van der Waals surface area contributed by atoms with Crippen LogP contribution in [0.2, 0.25) is 0 Å². The Hall–Kier alpha value is -4.38. The molecule has 4 aromatic rings. The molecule has 4 rings (SSSR count). The second-order valence-electron chi connectivity index (χ2n) is 6.71. The molecule has 0 saturated heterocycles. The van der Waals surface area contributed by atoms with E-state index in [4.69, 9.17) is 9.47 Å². The summed E-state index contributed by atoms with van der Waals surface area (Å²) in [5.74, 6) is 1.60. The van der Waals surface area contributed by atoms with Gasteiger partial charge in [-0.05, 0) is 35.9 Å². The van der Waals surface area contributed by atoms with Gasteiger partial charge in [-0.15, -0.1) is 0 Å². The number of nitrogens with one attached hydrogen (secondary N) is 1. The summed E-state index contributed by atoms with van der Waals surface area (Å²) in [6, 6.07) is 18.7. The Morgan fingerprint density at radius 3 is 2.68 bits per heavy atom. The topological polar surface area (TPSA) is 102 Å². The van der Waals surface area contributed by atoms with Gasteiger partial charge in [-0.3, -0.25) is 4.79 Å². The van der Waals surface area contributed by atoms with Crippen LogP contribution in [0.25, 0.3) is 16.7 Å². The van der Waals surface area contributed by atoms with Crippen LogP contribution in [0.15, 0.2) is 60.8 Å². The molecule has 31 heavy (non-hydrogen) atoms. The predicted octanol–water partition coefficient (Wildman–Crippen LogP) is 3.49. The minimum absolute atomic E-state index is 0.0849. The van der Waals surface area contributed by atoms with Crippen molar-refractivity contribution in [3.05, 3.63) is 71.9 Å². The van der Waals surface area contributed by atoms with Crippen LogP contribution in [0.3, 0.4) is 0 Å². The molecule has 0 fully saturated rings. The van der Waals surface area contributed by atoms with Gasteiger partial charge in [0.05, 0.1) is 32.4 Å². The molecule has 0 aliphatic rings. The van der Waals surface area contributed by atoms with Gasteiger partial charge in [0.25, 0.3) is 0 Å². The molecule has 8 nitrogen and oxygen atoms in total. The molecule has 2 aromatic carbocycles. The lowest BCUT2D eigenvalue weighted by Gasteiger charge is -2.11. The maximum absolute atomic E-state index is 12.7. The Bertz CT molecular complexity index is 1310. The van der Waals surface area contributed by atoms with Crippen molar-refractivity contribution >= 4 is 22.6 Å². The quantitative estimate of drug-likeness (QED) is 0.519. The zero-order valence-electron chi connectivity index (χ0n) is 17.0. The van der Waals surface area contributed by atoms with Crippen molar-refractivity contribution in [2.24, 2.45) is 0 Å². The number of hydrogen-bond donors (Lipinski definition) is 1. The van der Waals surface area contributed by atoms with Crippen molar-refractivity contribution in [1.29, 1.82) is 5.26 Å². The second kappa shape index (κ2) is 8.55. The highest BCUT2D eigenvalue weighted by Gasteiger charge is 2.17. The highest BCUT2D eigenvalue weighted by atomic mass is 16.5. The minimum Gasteiger partial charge on any atom is -0.493 e. The number of pyridine rings is 1. The summed E-state index contributed by atoms with van der Waals surface area (Å²) in [4.78, 5) is 17.3. The largest absolute Gasteiger partial charge is 0.493 e. The number of carbonyl (C=O) groups is 1. The number of nitriles is 1. The fraction of sp³-hybridized carbons (Fsp3) is 0.130. The summed E-state index contributed by atoms with van der Waals surface area (Å²) in [7, 11) is 3.09. The van der Waals surface area contributed by atoms with E-state index in [1.165, 1.54) is 18.0 Å². The third-order valence-corrected chi connectivity index (χ3v) is 4.76. The van der Waals surface area contributed by atoms with E-state index in [0.29, 0.717) is 17.3 Å². The first kappa shape index (κ1) is 19.9. The van der Waals surface area contributed by atoms with Crippen LogP contribution >= 0.6 is 0 Å². The number of anilines is 1. The lowest BCUT2D eigenvalue weighted by molar-refractivity contribution is -0.115. The number of ether oxygens (including phenoxy) is 2. The van der Waals surface area contributed by atoms with Gasteiger partial charge >= 0.3 is 0 Å². The lowest BCUT2D eigenvalue weighted by atomic mass is 10.1. The van der Waals surface area contributed by atoms with E-state index in [9.17, 15) is 10.1 Å². The Morgan fingerprint density at radius 1 is 1.10 bits per heavy atom. The molecule has 1 amide bonds. The van der Waals surface area contributed by atoms with Gasteiger partial charge in [0, 0.05) is 5.39 Å². The first-order chi connectivity index (χ1) is 15.1. The number of hydrogen-bond acceptors (Lipinski definition) is 6. The van der Waals surface area contributed by atoms with Crippen molar-refractivity contribution in [1.82, 2.24) is 14.8 Å². The van der Waals surface area contributed by atoms with Crippen LogP contribution in [0.4, 0.5) is 5.82 Å². The monoisotopic (exact) mass is 413 g/mol. The molecule has 2 heterocycles. The summed E-state index contributed by atoms with van der Waals surface area (Å²) < 4.78 is 12.0. The van der Waals surface area contributed by atoms with E-state index in [2.05, 4.69) is 21.5 Å². The van der Waals surface area contributed by atoms with Crippen molar-refractivity contribution in [2.45, 2.75) is 6.42 Å². The number of nitrogens with zero attached hydrogens (tertiary/aromatic N) is 4. The Labute approximate surface area is 178 Å². The highest BCUT2D eigenvalue weighted by molar-refractivity contribution is 5.93. The molecule has 0 unspecified atom stereocenters. The smallest absolute Gasteiger partial charge is 0.229 e. The maximum atomic E-state index is 12.7. The molecule has 0 saturated carbocycles. The van der Waals surface area contributed by atoms with Crippen LogP contribution in [0.1, 0.15) is 11.1 Å². The lowest BCUT2D eigenvalue weighted by Crippen LogP contribution is -2.18. The summed E-state index contributed by atoms with van der Waals surface area (Å²) in [6.07, 6.45) is 1.49. The Balaban J connectivity index is 1.62. The van der Waals surface area contributed by atoms with E-state index in [0.717, 1.165) is 16.5 Å². The fourth-order valence-electron chi connectivity index (χ4n) is 3.25. The number of rotatable bonds is 6. The molecule has 2 aromatic heterocycles. The van der Waals surface area contributed by atoms with Crippen molar-refractivity contribution in [3.63, 3.8) is 0 Å². The van der Waals surface area contributed by atoms with E-state index in [1.807, 2.05) is 30.3 Å². The zero-order chi connectivity index (χ0) is 21.8.